The highest BCUT2D eigenvalue weighted by molar-refractivity contribution is 5.71. The molecule has 0 fully saturated rings. The molecule has 0 heterocycles. The van der Waals surface area contributed by atoms with E-state index in [1.807, 2.05) is 0 Å². The summed E-state index contributed by atoms with van der Waals surface area (Å²) in [6, 6.07) is 0. The van der Waals surface area contributed by atoms with Gasteiger partial charge in [-0.3, -0.25) is 14.4 Å². The molecule has 466 valence electrons. The third-order valence-electron chi connectivity index (χ3n) is 15.8. The summed E-state index contributed by atoms with van der Waals surface area (Å²) in [6.07, 6.45) is 88.3. The van der Waals surface area contributed by atoms with E-state index in [4.69, 9.17) is 14.2 Å². The minimum atomic E-state index is -0.790. The Morgan fingerprint density at radius 3 is 0.762 bits per heavy atom. The number of carbonyl (C=O) groups excluding carboxylic acids is 3. The van der Waals surface area contributed by atoms with E-state index in [1.165, 1.54) is 238 Å². The van der Waals surface area contributed by atoms with Gasteiger partial charge >= 0.3 is 17.9 Å². The first-order valence-electron chi connectivity index (χ1n) is 35.3. The highest BCUT2D eigenvalue weighted by Crippen LogP contribution is 2.19. The molecule has 0 aliphatic heterocycles. The van der Waals surface area contributed by atoms with E-state index in [0.29, 0.717) is 19.3 Å². The Hall–Kier alpha value is -2.89. The van der Waals surface area contributed by atoms with Crippen molar-refractivity contribution in [1.29, 1.82) is 0 Å². The van der Waals surface area contributed by atoms with Gasteiger partial charge in [-0.15, -0.1) is 0 Å². The van der Waals surface area contributed by atoms with Crippen LogP contribution in [0, 0.1) is 0 Å². The average Bonchev–Trinajstić information content (AvgIpc) is 3.46. The molecule has 0 amide bonds. The van der Waals surface area contributed by atoms with Crippen molar-refractivity contribution in [2.75, 3.05) is 13.2 Å². The lowest BCUT2D eigenvalue weighted by Crippen LogP contribution is -2.30. The van der Waals surface area contributed by atoms with Gasteiger partial charge in [0.1, 0.15) is 13.2 Å². The van der Waals surface area contributed by atoms with Crippen molar-refractivity contribution in [1.82, 2.24) is 0 Å². The fraction of sp³-hybridized carbons (Fsp3) is 0.824. The van der Waals surface area contributed by atoms with Crippen LogP contribution in [0.3, 0.4) is 0 Å². The second-order valence-electron chi connectivity index (χ2n) is 23.8. The Balaban J connectivity index is 4.29. The number of hydrogen-bond donors (Lipinski definition) is 0. The third-order valence-corrected chi connectivity index (χ3v) is 15.8. The zero-order valence-electron chi connectivity index (χ0n) is 53.6. The van der Waals surface area contributed by atoms with E-state index < -0.39 is 6.10 Å². The molecule has 0 aromatic carbocycles. The zero-order valence-corrected chi connectivity index (χ0v) is 53.6. The van der Waals surface area contributed by atoms with Crippen LogP contribution in [0.5, 0.6) is 0 Å². The molecule has 0 aliphatic rings. The van der Waals surface area contributed by atoms with Gasteiger partial charge in [-0.1, -0.05) is 351 Å². The molecule has 0 aromatic rings. The summed E-state index contributed by atoms with van der Waals surface area (Å²) in [4.78, 5) is 38.4. The summed E-state index contributed by atoms with van der Waals surface area (Å²) in [6.45, 7) is 6.57. The van der Waals surface area contributed by atoms with Crippen LogP contribution < -0.4 is 0 Å². The maximum absolute atomic E-state index is 12.9. The molecule has 0 spiro atoms. The number of ether oxygens (including phenoxy) is 3. The maximum Gasteiger partial charge on any atom is 0.306 e. The van der Waals surface area contributed by atoms with Crippen LogP contribution in [-0.4, -0.2) is 37.2 Å². The average molecular weight is 1120 g/mol. The van der Waals surface area contributed by atoms with E-state index in [0.717, 1.165) is 96.3 Å². The molecule has 1 atom stereocenters. The summed E-state index contributed by atoms with van der Waals surface area (Å²) < 4.78 is 17.0. The SMILES string of the molecule is CC/C=C\C/C=C\C/C=C\C/C=C\C/C=C\CCCCCC(=O)OC(COC(=O)CCCCCCCCCCCCCCCCCC)COC(=O)CCCCCCCCCCCCCCCCCCCCCCCCCCCCC. The topological polar surface area (TPSA) is 78.9 Å². The van der Waals surface area contributed by atoms with Crippen LogP contribution >= 0.6 is 0 Å². The van der Waals surface area contributed by atoms with Gasteiger partial charge in [0.25, 0.3) is 0 Å². The lowest BCUT2D eigenvalue weighted by Gasteiger charge is -2.18. The van der Waals surface area contributed by atoms with Gasteiger partial charge in [-0.25, -0.2) is 0 Å². The van der Waals surface area contributed by atoms with Crippen LogP contribution in [-0.2, 0) is 28.6 Å². The van der Waals surface area contributed by atoms with Gasteiger partial charge in [0.05, 0.1) is 0 Å². The molecule has 0 N–H and O–H groups in total. The molecular formula is C74H134O6. The van der Waals surface area contributed by atoms with Crippen LogP contribution in [0.2, 0.25) is 0 Å². The molecule has 1 unspecified atom stereocenters. The largest absolute Gasteiger partial charge is 0.462 e. The summed E-state index contributed by atoms with van der Waals surface area (Å²) in [5.74, 6) is -0.890. The number of hydrogen-bond acceptors (Lipinski definition) is 6. The quantitative estimate of drug-likeness (QED) is 0.0261. The Morgan fingerprint density at radius 2 is 0.487 bits per heavy atom. The van der Waals surface area contributed by atoms with E-state index in [9.17, 15) is 14.4 Å². The smallest absolute Gasteiger partial charge is 0.306 e. The molecule has 6 nitrogen and oxygen atoms in total. The minimum Gasteiger partial charge on any atom is -0.462 e. The molecule has 0 saturated heterocycles. The second kappa shape index (κ2) is 68.6. The van der Waals surface area contributed by atoms with Gasteiger partial charge in [-0.2, -0.15) is 0 Å². The zero-order chi connectivity index (χ0) is 57.8. The Morgan fingerprint density at radius 1 is 0.263 bits per heavy atom. The van der Waals surface area contributed by atoms with Crippen LogP contribution in [0.25, 0.3) is 0 Å². The van der Waals surface area contributed by atoms with Crippen molar-refractivity contribution in [3.05, 3.63) is 60.8 Å². The standard InChI is InChI=1S/C74H134O6/c1-4-7-10-13-16-19-22-25-28-31-33-34-35-36-37-38-39-40-42-43-46-49-52-55-58-61-64-67-73(76)79-70-71(69-78-72(75)66-63-60-57-54-51-48-45-30-27-24-21-18-15-12-9-6-3)80-74(77)68-65-62-59-56-53-50-47-44-41-32-29-26-23-20-17-14-11-8-5-2/h8,11,17,20,26,29,41,44,50,53,71H,4-7,9-10,12-16,18-19,21-25,27-28,30-40,42-43,45-49,51-52,54-70H2,1-3H3/b11-8-,20-17-,29-26-,44-41-,53-50-. The van der Waals surface area contributed by atoms with Gasteiger partial charge < -0.3 is 14.2 Å². The highest BCUT2D eigenvalue weighted by atomic mass is 16.6. The summed E-state index contributed by atoms with van der Waals surface area (Å²) >= 11 is 0. The predicted octanol–water partition coefficient (Wildman–Crippen LogP) is 24.3. The van der Waals surface area contributed by atoms with Gasteiger partial charge in [-0.05, 0) is 64.2 Å². The normalized spacial score (nSPS) is 12.4. The molecule has 0 rings (SSSR count). The van der Waals surface area contributed by atoms with Crippen molar-refractivity contribution in [3.63, 3.8) is 0 Å². The molecule has 0 aromatic heterocycles. The maximum atomic E-state index is 12.9. The Labute approximate surface area is 498 Å². The Bertz CT molecular complexity index is 1430. The Kier molecular flexibility index (Phi) is 66.1. The summed E-state index contributed by atoms with van der Waals surface area (Å²) in [5.41, 5.74) is 0. The van der Waals surface area contributed by atoms with Crippen LogP contribution in [0.1, 0.15) is 374 Å². The summed E-state index contributed by atoms with van der Waals surface area (Å²) in [7, 11) is 0. The predicted molar refractivity (Wildman–Crippen MR) is 348 cm³/mol. The van der Waals surface area contributed by atoms with E-state index >= 15 is 0 Å². The lowest BCUT2D eigenvalue weighted by atomic mass is 10.0. The van der Waals surface area contributed by atoms with E-state index in [2.05, 4.69) is 81.5 Å². The van der Waals surface area contributed by atoms with Crippen molar-refractivity contribution < 1.29 is 28.6 Å². The molecule has 80 heavy (non-hydrogen) atoms. The van der Waals surface area contributed by atoms with Crippen molar-refractivity contribution in [2.45, 2.75) is 380 Å². The van der Waals surface area contributed by atoms with Crippen LogP contribution in [0.4, 0.5) is 0 Å². The number of rotatable bonds is 65. The fourth-order valence-electron chi connectivity index (χ4n) is 10.5. The van der Waals surface area contributed by atoms with Crippen molar-refractivity contribution >= 4 is 17.9 Å². The number of carbonyl (C=O) groups is 3. The van der Waals surface area contributed by atoms with Crippen LogP contribution in [0.15, 0.2) is 60.8 Å². The number of esters is 3. The molecule has 0 saturated carbocycles. The first-order valence-corrected chi connectivity index (χ1v) is 35.3. The lowest BCUT2D eigenvalue weighted by molar-refractivity contribution is -0.167. The molecule has 0 bridgehead atoms. The van der Waals surface area contributed by atoms with Gasteiger partial charge in [0, 0.05) is 19.3 Å². The van der Waals surface area contributed by atoms with Gasteiger partial charge in [0.2, 0.25) is 0 Å². The molecule has 0 aliphatic carbocycles. The number of allylic oxidation sites excluding steroid dienone is 10. The molecule has 6 heteroatoms. The first kappa shape index (κ1) is 77.1. The summed E-state index contributed by atoms with van der Waals surface area (Å²) in [5, 5.41) is 0. The first-order chi connectivity index (χ1) is 39.5. The monoisotopic (exact) mass is 1120 g/mol. The fourth-order valence-corrected chi connectivity index (χ4v) is 10.5. The third kappa shape index (κ3) is 65.9. The van der Waals surface area contributed by atoms with Gasteiger partial charge in [0.15, 0.2) is 6.10 Å². The second-order valence-corrected chi connectivity index (χ2v) is 23.8. The molecule has 0 radical (unpaired) electrons. The highest BCUT2D eigenvalue weighted by Gasteiger charge is 2.19. The van der Waals surface area contributed by atoms with Crippen molar-refractivity contribution in [3.8, 4) is 0 Å². The molecular weight excluding hydrogens is 985 g/mol. The minimum absolute atomic E-state index is 0.0829. The van der Waals surface area contributed by atoms with E-state index in [1.54, 1.807) is 0 Å². The van der Waals surface area contributed by atoms with Crippen molar-refractivity contribution in [2.24, 2.45) is 0 Å². The van der Waals surface area contributed by atoms with E-state index in [-0.39, 0.29) is 31.1 Å². The number of unbranched alkanes of at least 4 members (excludes halogenated alkanes) is 44.